The predicted octanol–water partition coefficient (Wildman–Crippen LogP) is -5.78. The first-order chi connectivity index (χ1) is 0. The molecule has 0 unspecified atom stereocenters. The molecule has 0 nitrogen and oxygen atoms in total. The Bertz CT molecular complexity index is 56.6. The minimum atomic E-state index is 0. The van der Waals surface area contributed by atoms with Crippen molar-refractivity contribution >= 4 is 0 Å². The van der Waals surface area contributed by atoms with Gasteiger partial charge in [0.05, 0.1) is 0 Å². The van der Waals surface area contributed by atoms with E-state index in [9.17, 15) is 0 Å². The first-order valence-corrected chi connectivity index (χ1v) is 0. The van der Waals surface area contributed by atoms with Gasteiger partial charge in [0, 0.05) is 372 Å². The molecule has 0 saturated carbocycles. The summed E-state index contributed by atoms with van der Waals surface area (Å²) in [6.45, 7) is 0. The van der Waals surface area contributed by atoms with Gasteiger partial charge in [-0.15, -0.1) is 0 Å². The van der Waals surface area contributed by atoms with Crippen molar-refractivity contribution in [1.29, 1.82) is 0 Å². The molecule has 0 rings (SSSR count). The van der Waals surface area contributed by atoms with Gasteiger partial charge in [-0.1, -0.05) is 0 Å². The third-order valence-corrected chi connectivity index (χ3v) is 0. The Morgan fingerprint density at radius 1 is 1.08 bits per heavy atom. The second-order valence-corrected chi connectivity index (χ2v) is 0. The standard InChI is InChI=1S/Cr.Dy.Er.Eu.Hf.Ho.Li.Lu.Nd.Rb.Sm.Ti.Zr.2H/q;;;;;;+1;;;+1;;;;2*-1. The fourth-order valence-electron chi connectivity index (χ4n) is 0. The molecule has 0 spiro atoms. The summed E-state index contributed by atoms with van der Waals surface area (Å²) in [5.41, 5.74) is 0. The maximum atomic E-state index is 0. The van der Waals surface area contributed by atoms with E-state index >= 15 is 0 Å². The molecule has 13 heavy (non-hydrogen) atoms. The van der Waals surface area contributed by atoms with E-state index in [2.05, 4.69) is 0 Å². The quantitative estimate of drug-likeness (QED) is 0.213. The van der Waals surface area contributed by atoms with Gasteiger partial charge in [-0.2, -0.15) is 0 Å². The summed E-state index contributed by atoms with van der Waals surface area (Å²) < 4.78 is 0. The van der Waals surface area contributed by atoms with Gasteiger partial charge < -0.3 is 2.85 Å². The predicted molar refractivity (Wildman–Crippen MR) is 2.22 cm³/mol. The topological polar surface area (TPSA) is 0 Å². The second kappa shape index (κ2) is 81.6. The normalized spacial score (nSPS) is 0. The molecule has 0 bridgehead atoms. The molecule has 0 aromatic rings. The van der Waals surface area contributed by atoms with Crippen molar-refractivity contribution in [3.63, 3.8) is 0 Å². The van der Waals surface area contributed by atoms with Crippen LogP contribution in [-0.4, -0.2) is 0 Å². The van der Waals surface area contributed by atoms with Gasteiger partial charge in [-0.05, 0) is 0 Å². The molecule has 0 atom stereocenters. The second-order valence-electron chi connectivity index (χ2n) is 0. The maximum absolute atomic E-state index is 0. The molecular weight excluding hydrogens is 1580 g/mol. The Morgan fingerprint density at radius 2 is 1.08 bits per heavy atom. The van der Waals surface area contributed by atoms with Crippen molar-refractivity contribution < 1.29 is 452 Å². The van der Waals surface area contributed by atoms with Crippen LogP contribution in [0, 0.1) is 281 Å². The average Bonchev–Trinajstić information content (AvgIpc) is 0. The van der Waals surface area contributed by atoms with E-state index in [4.69, 9.17) is 0 Å². The molecule has 0 aliphatic carbocycles. The van der Waals surface area contributed by atoms with E-state index in [1.807, 2.05) is 0 Å². The minimum Gasteiger partial charge on any atom is -1.00 e. The SMILES string of the molecule is [Cr].[Dy].[Er].[Eu].[H-].[H-].[Hf].[Ho].[Li+].[Lu].[Nd].[Rb+].[Sm].[Ti].[Zr]. The van der Waals surface area contributed by atoms with Crippen molar-refractivity contribution in [3.05, 3.63) is 0 Å². The van der Waals surface area contributed by atoms with E-state index < -0.39 is 0 Å². The first kappa shape index (κ1) is 91.4. The van der Waals surface area contributed by atoms with Crippen molar-refractivity contribution in [1.82, 2.24) is 0 Å². The van der Waals surface area contributed by atoms with Crippen LogP contribution in [0.1, 0.15) is 2.85 Å². The molecule has 0 aromatic carbocycles. The molecule has 0 fully saturated rings. The monoisotopic (exact) mass is 1580 g/mol. The molecule has 0 saturated heterocycles. The van der Waals surface area contributed by atoms with E-state index in [1.165, 1.54) is 0 Å². The molecule has 0 aliphatic rings. The Labute approximate surface area is 434 Å². The zero-order valence-electron chi connectivity index (χ0n) is 8.36. The Kier molecular flexibility index (Phi) is 574. The zero-order chi connectivity index (χ0) is 0. The van der Waals surface area contributed by atoms with Crippen LogP contribution < -0.4 is 77.0 Å². The molecule has 0 amide bonds. The van der Waals surface area contributed by atoms with Crippen molar-refractivity contribution in [2.75, 3.05) is 0 Å². The van der Waals surface area contributed by atoms with Crippen molar-refractivity contribution in [2.45, 2.75) is 0 Å². The van der Waals surface area contributed by atoms with Crippen LogP contribution in [-0.2, 0) is 91.1 Å². The van der Waals surface area contributed by atoms with E-state index in [0.717, 1.165) is 0 Å². The summed E-state index contributed by atoms with van der Waals surface area (Å²) in [5, 5.41) is 0. The fraction of sp³-hybridized carbons (Fsp3) is 0. The zero-order valence-corrected chi connectivity index (χ0v) is 35.9. The molecule has 3 radical (unpaired) electrons. The molecule has 13 heteroatoms. The molecule has 0 aliphatic heterocycles. The Hall–Kier alpha value is 14.7. The van der Waals surface area contributed by atoms with Crippen molar-refractivity contribution in [3.8, 4) is 0 Å². The van der Waals surface area contributed by atoms with E-state index in [-0.39, 0.29) is 452 Å². The largest absolute Gasteiger partial charge is 1.00 e. The summed E-state index contributed by atoms with van der Waals surface area (Å²) in [6, 6.07) is 0. The maximum Gasteiger partial charge on any atom is 1.00 e. The van der Waals surface area contributed by atoms with Crippen LogP contribution in [0.25, 0.3) is 0 Å². The van der Waals surface area contributed by atoms with E-state index in [1.54, 1.807) is 0 Å². The number of hydrogen-bond donors (Lipinski definition) is 0. The van der Waals surface area contributed by atoms with Crippen LogP contribution in [0.5, 0.6) is 0 Å². The smallest absolute Gasteiger partial charge is 1.00 e. The molecule has 0 aromatic heterocycles. The summed E-state index contributed by atoms with van der Waals surface area (Å²) in [6.07, 6.45) is 0. The van der Waals surface area contributed by atoms with Crippen LogP contribution in [0.15, 0.2) is 0 Å². The fourth-order valence-corrected chi connectivity index (χ4v) is 0. The van der Waals surface area contributed by atoms with Crippen molar-refractivity contribution in [2.24, 2.45) is 0 Å². The van der Waals surface area contributed by atoms with Gasteiger partial charge in [-0.25, -0.2) is 0 Å². The summed E-state index contributed by atoms with van der Waals surface area (Å²) in [4.78, 5) is 0. The summed E-state index contributed by atoms with van der Waals surface area (Å²) in [5.74, 6) is 0. The molecule has 0 heterocycles. The van der Waals surface area contributed by atoms with Crippen LogP contribution >= 0.6 is 0 Å². The van der Waals surface area contributed by atoms with E-state index in [0.29, 0.717) is 0 Å². The summed E-state index contributed by atoms with van der Waals surface area (Å²) >= 11 is 0. The number of hydrogen-bond acceptors (Lipinski definition) is 0. The van der Waals surface area contributed by atoms with Crippen LogP contribution in [0.3, 0.4) is 0 Å². The Balaban J connectivity index is 0. The van der Waals surface area contributed by atoms with Gasteiger partial charge >= 0.3 is 77.0 Å². The van der Waals surface area contributed by atoms with Crippen LogP contribution in [0.4, 0.5) is 0 Å². The molecular formula is H2CrDyErEuHfHoLiLuNdRbSmTiZr. The van der Waals surface area contributed by atoms with Gasteiger partial charge in [-0.3, -0.25) is 0 Å². The van der Waals surface area contributed by atoms with Crippen LogP contribution in [0.2, 0.25) is 0 Å². The van der Waals surface area contributed by atoms with Gasteiger partial charge in [0.25, 0.3) is 0 Å². The summed E-state index contributed by atoms with van der Waals surface area (Å²) in [7, 11) is 0. The average molecular weight is 1580 g/mol. The molecule has 0 N–H and O–H groups in total. The third-order valence-electron chi connectivity index (χ3n) is 0. The van der Waals surface area contributed by atoms with Gasteiger partial charge in [0.2, 0.25) is 0 Å². The van der Waals surface area contributed by atoms with Gasteiger partial charge in [0.15, 0.2) is 0 Å². The first-order valence-electron chi connectivity index (χ1n) is 0. The number of rotatable bonds is 0. The Morgan fingerprint density at radius 3 is 1.08 bits per heavy atom. The third kappa shape index (κ3) is 75.4. The molecule has 87 valence electrons. The van der Waals surface area contributed by atoms with Gasteiger partial charge in [0.1, 0.15) is 0 Å². The minimum absolute atomic E-state index is 0.